The predicted molar refractivity (Wildman–Crippen MR) is 89.0 cm³/mol. The van der Waals surface area contributed by atoms with E-state index in [1.165, 1.54) is 19.3 Å². The number of aliphatic imine (C=N–C) groups is 1. The zero-order valence-electron chi connectivity index (χ0n) is 13.2. The van der Waals surface area contributed by atoms with Crippen molar-refractivity contribution in [3.05, 3.63) is 30.1 Å². The summed E-state index contributed by atoms with van der Waals surface area (Å²) in [5.74, 6) is 3.33. The number of ether oxygens (including phenoxy) is 1. The van der Waals surface area contributed by atoms with Crippen molar-refractivity contribution in [3.63, 3.8) is 0 Å². The molecular weight excluding hydrogens is 292 g/mol. The number of nitrogens with one attached hydrogen (secondary N) is 2. The van der Waals surface area contributed by atoms with E-state index in [-0.39, 0.29) is 0 Å². The van der Waals surface area contributed by atoms with Crippen LogP contribution in [0.15, 0.2) is 29.3 Å². The van der Waals surface area contributed by atoms with Gasteiger partial charge in [0, 0.05) is 12.1 Å². The van der Waals surface area contributed by atoms with Crippen LogP contribution in [0, 0.1) is 5.92 Å². The van der Waals surface area contributed by atoms with Crippen LogP contribution in [-0.4, -0.2) is 34.8 Å². The lowest BCUT2D eigenvalue weighted by atomic mass is 9.85. The Morgan fingerprint density at radius 2 is 2.17 bits per heavy atom. The largest absolute Gasteiger partial charge is 0.497 e. The summed E-state index contributed by atoms with van der Waals surface area (Å²) in [6.07, 6.45) is 3.90. The van der Waals surface area contributed by atoms with Crippen LogP contribution < -0.4 is 15.8 Å². The molecule has 1 saturated carbocycles. The normalized spacial score (nSPS) is 15.3. The maximum atomic E-state index is 5.86. The van der Waals surface area contributed by atoms with Gasteiger partial charge in [-0.3, -0.25) is 5.10 Å². The van der Waals surface area contributed by atoms with E-state index in [4.69, 9.17) is 10.5 Å². The minimum Gasteiger partial charge on any atom is -0.497 e. The van der Waals surface area contributed by atoms with E-state index in [0.29, 0.717) is 24.2 Å². The lowest BCUT2D eigenvalue weighted by Crippen LogP contribution is -2.37. The average Bonchev–Trinajstić information content (AvgIpc) is 3.00. The van der Waals surface area contributed by atoms with Gasteiger partial charge in [0.15, 0.2) is 11.8 Å². The SMILES string of the molecule is COc1ccc(-c2n[nH]c(CN=C(N)NCC3CCC3)n2)cc1. The molecule has 2 aromatic rings. The van der Waals surface area contributed by atoms with Gasteiger partial charge in [0.1, 0.15) is 18.1 Å². The van der Waals surface area contributed by atoms with Crippen molar-refractivity contribution in [1.29, 1.82) is 0 Å². The molecule has 0 atom stereocenters. The van der Waals surface area contributed by atoms with Gasteiger partial charge in [0.2, 0.25) is 0 Å². The van der Waals surface area contributed by atoms with E-state index >= 15 is 0 Å². The molecule has 0 aliphatic heterocycles. The Kier molecular flexibility index (Phi) is 4.75. The Morgan fingerprint density at radius 3 is 2.83 bits per heavy atom. The number of benzene rings is 1. The maximum Gasteiger partial charge on any atom is 0.189 e. The first-order chi connectivity index (χ1) is 11.2. The fourth-order valence-corrected chi connectivity index (χ4v) is 2.40. The van der Waals surface area contributed by atoms with E-state index < -0.39 is 0 Å². The van der Waals surface area contributed by atoms with Crippen molar-refractivity contribution in [3.8, 4) is 17.1 Å². The third kappa shape index (κ3) is 4.00. The minimum absolute atomic E-state index is 0.382. The van der Waals surface area contributed by atoms with Gasteiger partial charge < -0.3 is 15.8 Å². The van der Waals surface area contributed by atoms with Crippen LogP contribution in [0.25, 0.3) is 11.4 Å². The number of hydrogen-bond acceptors (Lipinski definition) is 4. The quantitative estimate of drug-likeness (QED) is 0.556. The molecule has 1 aliphatic carbocycles. The van der Waals surface area contributed by atoms with Gasteiger partial charge in [-0.05, 0) is 43.0 Å². The molecule has 0 amide bonds. The van der Waals surface area contributed by atoms with Crippen molar-refractivity contribution >= 4 is 5.96 Å². The molecule has 7 nitrogen and oxygen atoms in total. The number of nitrogens with two attached hydrogens (primary N) is 1. The molecule has 122 valence electrons. The molecule has 0 radical (unpaired) electrons. The molecule has 0 spiro atoms. The zero-order chi connectivity index (χ0) is 16.1. The average molecular weight is 314 g/mol. The number of rotatable bonds is 6. The van der Waals surface area contributed by atoms with E-state index in [1.807, 2.05) is 24.3 Å². The van der Waals surface area contributed by atoms with Gasteiger partial charge in [-0.2, -0.15) is 5.10 Å². The van der Waals surface area contributed by atoms with Crippen LogP contribution >= 0.6 is 0 Å². The molecule has 1 aromatic heterocycles. The Morgan fingerprint density at radius 1 is 1.39 bits per heavy atom. The molecule has 23 heavy (non-hydrogen) atoms. The summed E-state index contributed by atoms with van der Waals surface area (Å²) >= 11 is 0. The first kappa shape index (κ1) is 15.3. The number of nitrogens with zero attached hydrogens (tertiary/aromatic N) is 3. The third-order valence-electron chi connectivity index (χ3n) is 4.08. The minimum atomic E-state index is 0.382. The van der Waals surface area contributed by atoms with Crippen LogP contribution in [-0.2, 0) is 6.54 Å². The second kappa shape index (κ2) is 7.13. The van der Waals surface area contributed by atoms with Crippen LogP contribution in [0.1, 0.15) is 25.1 Å². The standard InChI is InChI=1S/C16H22N6O/c1-23-13-7-5-12(6-8-13)15-20-14(21-22-15)10-19-16(17)18-9-11-3-2-4-11/h5-8,11H,2-4,9-10H2,1H3,(H3,17,18,19)(H,20,21,22). The van der Waals surface area contributed by atoms with Gasteiger partial charge in [0.25, 0.3) is 0 Å². The summed E-state index contributed by atoms with van der Waals surface area (Å²) in [5.41, 5.74) is 6.79. The predicted octanol–water partition coefficient (Wildman–Crippen LogP) is 1.68. The van der Waals surface area contributed by atoms with Crippen molar-refractivity contribution in [1.82, 2.24) is 20.5 Å². The highest BCUT2D eigenvalue weighted by atomic mass is 16.5. The molecule has 1 fully saturated rings. The molecule has 3 rings (SSSR count). The Balaban J connectivity index is 1.55. The van der Waals surface area contributed by atoms with Gasteiger partial charge in [-0.15, -0.1) is 0 Å². The number of aromatic nitrogens is 3. The summed E-state index contributed by atoms with van der Waals surface area (Å²) in [6.45, 7) is 1.29. The number of guanidine groups is 1. The summed E-state index contributed by atoms with van der Waals surface area (Å²) < 4.78 is 5.14. The van der Waals surface area contributed by atoms with Gasteiger partial charge in [0.05, 0.1) is 7.11 Å². The fraction of sp³-hybridized carbons (Fsp3) is 0.438. The first-order valence-electron chi connectivity index (χ1n) is 7.84. The van der Waals surface area contributed by atoms with Crippen LogP contribution in [0.4, 0.5) is 0 Å². The van der Waals surface area contributed by atoms with E-state index in [1.54, 1.807) is 7.11 Å². The summed E-state index contributed by atoms with van der Waals surface area (Å²) in [5, 5.41) is 10.3. The van der Waals surface area contributed by atoms with Crippen molar-refractivity contribution in [2.75, 3.05) is 13.7 Å². The second-order valence-corrected chi connectivity index (χ2v) is 5.71. The second-order valence-electron chi connectivity index (χ2n) is 5.71. The van der Waals surface area contributed by atoms with Gasteiger partial charge in [-0.25, -0.2) is 9.98 Å². The molecule has 0 saturated heterocycles. The number of aromatic amines is 1. The van der Waals surface area contributed by atoms with Crippen LogP contribution in [0.5, 0.6) is 5.75 Å². The van der Waals surface area contributed by atoms with Crippen molar-refractivity contribution < 1.29 is 4.74 Å². The maximum absolute atomic E-state index is 5.86. The number of hydrogen-bond donors (Lipinski definition) is 3. The van der Waals surface area contributed by atoms with Crippen LogP contribution in [0.3, 0.4) is 0 Å². The highest BCUT2D eigenvalue weighted by Gasteiger charge is 2.16. The third-order valence-corrected chi connectivity index (χ3v) is 4.08. The monoisotopic (exact) mass is 314 g/mol. The first-order valence-corrected chi connectivity index (χ1v) is 7.84. The Labute approximate surface area is 135 Å². The molecule has 1 heterocycles. The fourth-order valence-electron chi connectivity index (χ4n) is 2.40. The summed E-state index contributed by atoms with van der Waals surface area (Å²) in [6, 6.07) is 7.60. The molecular formula is C16H22N6O. The topological polar surface area (TPSA) is 101 Å². The zero-order valence-corrected chi connectivity index (χ0v) is 13.2. The molecule has 1 aromatic carbocycles. The number of methoxy groups -OCH3 is 1. The lowest BCUT2D eigenvalue weighted by Gasteiger charge is -2.25. The highest BCUT2D eigenvalue weighted by molar-refractivity contribution is 5.77. The van der Waals surface area contributed by atoms with E-state index in [0.717, 1.165) is 23.8 Å². The smallest absolute Gasteiger partial charge is 0.189 e. The Hall–Kier alpha value is -2.57. The van der Waals surface area contributed by atoms with Crippen LogP contribution in [0.2, 0.25) is 0 Å². The Bertz CT molecular complexity index is 659. The number of H-pyrrole nitrogens is 1. The summed E-state index contributed by atoms with van der Waals surface area (Å²) in [7, 11) is 1.64. The van der Waals surface area contributed by atoms with Crippen molar-refractivity contribution in [2.24, 2.45) is 16.6 Å². The molecule has 7 heteroatoms. The summed E-state index contributed by atoms with van der Waals surface area (Å²) in [4.78, 5) is 8.72. The highest BCUT2D eigenvalue weighted by Crippen LogP contribution is 2.25. The van der Waals surface area contributed by atoms with Gasteiger partial charge >= 0.3 is 0 Å². The lowest BCUT2D eigenvalue weighted by molar-refractivity contribution is 0.315. The van der Waals surface area contributed by atoms with Crippen molar-refractivity contribution in [2.45, 2.75) is 25.8 Å². The van der Waals surface area contributed by atoms with E-state index in [9.17, 15) is 0 Å². The van der Waals surface area contributed by atoms with Gasteiger partial charge in [-0.1, -0.05) is 6.42 Å². The molecule has 0 unspecified atom stereocenters. The molecule has 1 aliphatic rings. The molecule has 0 bridgehead atoms. The molecule has 4 N–H and O–H groups in total. The van der Waals surface area contributed by atoms with E-state index in [2.05, 4.69) is 25.5 Å².